The summed E-state index contributed by atoms with van der Waals surface area (Å²) in [5, 5.41) is 0. The lowest BCUT2D eigenvalue weighted by Gasteiger charge is -2.12. The minimum Gasteiger partial charge on any atom is -0.457 e. The monoisotopic (exact) mass is 319 g/mol. The van der Waals surface area contributed by atoms with Crippen molar-refractivity contribution in [1.29, 1.82) is 0 Å². The van der Waals surface area contributed by atoms with Gasteiger partial charge in [-0.1, -0.05) is 30.3 Å². The number of hydrogen-bond donors (Lipinski definition) is 0. The molecule has 1 aromatic heterocycles. The lowest BCUT2D eigenvalue weighted by atomic mass is 10.2. The zero-order chi connectivity index (χ0) is 15.7. The highest BCUT2D eigenvalue weighted by atomic mass is 32.2. The van der Waals surface area contributed by atoms with E-state index in [1.807, 2.05) is 36.4 Å². The van der Waals surface area contributed by atoms with E-state index in [-0.39, 0.29) is 11.5 Å². The van der Waals surface area contributed by atoms with Crippen LogP contribution < -0.4 is 0 Å². The Morgan fingerprint density at radius 2 is 1.91 bits per heavy atom. The summed E-state index contributed by atoms with van der Waals surface area (Å²) in [5.74, 6) is -0.464. The Bertz CT molecular complexity index is 793. The molecule has 3 rings (SSSR count). The van der Waals surface area contributed by atoms with Gasteiger partial charge in [-0.3, -0.25) is 0 Å². The van der Waals surface area contributed by atoms with E-state index >= 15 is 0 Å². The summed E-state index contributed by atoms with van der Waals surface area (Å²) in [6.45, 7) is 0. The fourth-order valence-corrected chi connectivity index (χ4v) is 4.27. The van der Waals surface area contributed by atoms with Crippen LogP contribution in [0, 0.1) is 0 Å². The molecule has 1 aliphatic rings. The Kier molecular flexibility index (Phi) is 3.78. The first kappa shape index (κ1) is 14.8. The molecule has 0 spiro atoms. The van der Waals surface area contributed by atoms with Gasteiger partial charge in [0.25, 0.3) is 0 Å². The normalized spacial score (nSPS) is 20.0. The zero-order valence-electron chi connectivity index (χ0n) is 12.2. The first-order valence-corrected chi connectivity index (χ1v) is 8.91. The third-order valence-corrected chi connectivity index (χ3v) is 5.60. The van der Waals surface area contributed by atoms with Gasteiger partial charge >= 0.3 is 5.97 Å². The molecule has 22 heavy (non-hydrogen) atoms. The summed E-state index contributed by atoms with van der Waals surface area (Å²) in [5.41, 5.74) is 2.34. The van der Waals surface area contributed by atoms with Crippen LogP contribution in [-0.4, -0.2) is 36.6 Å². The van der Waals surface area contributed by atoms with Gasteiger partial charge in [-0.25, -0.2) is 13.2 Å². The maximum atomic E-state index is 12.2. The highest BCUT2D eigenvalue weighted by Crippen LogP contribution is 2.23. The van der Waals surface area contributed by atoms with Crippen LogP contribution in [0.4, 0.5) is 0 Å². The quantitative estimate of drug-likeness (QED) is 0.812. The molecule has 2 heterocycles. The van der Waals surface area contributed by atoms with Crippen molar-refractivity contribution in [1.82, 2.24) is 4.57 Å². The Labute approximate surface area is 129 Å². The number of ether oxygens (including phenoxy) is 1. The second-order valence-electron chi connectivity index (χ2n) is 5.46. The van der Waals surface area contributed by atoms with E-state index in [4.69, 9.17) is 4.74 Å². The fraction of sp³-hybridized carbons (Fsp3) is 0.312. The molecule has 5 nitrogen and oxygen atoms in total. The van der Waals surface area contributed by atoms with Gasteiger partial charge in [0.15, 0.2) is 9.84 Å². The van der Waals surface area contributed by atoms with Crippen LogP contribution in [0.2, 0.25) is 0 Å². The summed E-state index contributed by atoms with van der Waals surface area (Å²) in [7, 11) is -1.26. The van der Waals surface area contributed by atoms with Crippen LogP contribution in [-0.2, 0) is 21.6 Å². The lowest BCUT2D eigenvalue weighted by Crippen LogP contribution is -2.21. The minimum atomic E-state index is -3.06. The van der Waals surface area contributed by atoms with Crippen molar-refractivity contribution in [3.63, 3.8) is 0 Å². The number of rotatable bonds is 3. The third-order valence-electron chi connectivity index (χ3n) is 3.86. The molecule has 0 N–H and O–H groups in total. The third kappa shape index (κ3) is 2.92. The van der Waals surface area contributed by atoms with Gasteiger partial charge in [0.1, 0.15) is 11.8 Å². The van der Waals surface area contributed by atoms with Gasteiger partial charge in [-0.15, -0.1) is 0 Å². The smallest absolute Gasteiger partial charge is 0.355 e. The van der Waals surface area contributed by atoms with Crippen molar-refractivity contribution in [2.75, 3.05) is 11.5 Å². The molecule has 2 aromatic rings. The van der Waals surface area contributed by atoms with E-state index in [2.05, 4.69) is 0 Å². The summed E-state index contributed by atoms with van der Waals surface area (Å²) >= 11 is 0. The van der Waals surface area contributed by atoms with Crippen molar-refractivity contribution in [3.8, 4) is 11.3 Å². The maximum absolute atomic E-state index is 12.2. The molecule has 0 saturated carbocycles. The van der Waals surface area contributed by atoms with Crippen LogP contribution in [0.5, 0.6) is 0 Å². The number of benzene rings is 1. The van der Waals surface area contributed by atoms with Crippen LogP contribution in [0.1, 0.15) is 16.9 Å². The predicted octanol–water partition coefficient (Wildman–Crippen LogP) is 2.04. The highest BCUT2D eigenvalue weighted by molar-refractivity contribution is 7.91. The minimum absolute atomic E-state index is 0.0747. The van der Waals surface area contributed by atoms with Gasteiger partial charge in [0.05, 0.1) is 11.5 Å². The van der Waals surface area contributed by atoms with Crippen LogP contribution in [0.25, 0.3) is 11.3 Å². The molecule has 1 saturated heterocycles. The van der Waals surface area contributed by atoms with Gasteiger partial charge in [0, 0.05) is 12.7 Å². The fourth-order valence-electron chi connectivity index (χ4n) is 2.68. The average molecular weight is 319 g/mol. The molecule has 1 aliphatic heterocycles. The van der Waals surface area contributed by atoms with Crippen molar-refractivity contribution in [2.45, 2.75) is 12.5 Å². The molecule has 1 aromatic carbocycles. The largest absolute Gasteiger partial charge is 0.457 e. The summed E-state index contributed by atoms with van der Waals surface area (Å²) in [4.78, 5) is 12.2. The summed E-state index contributed by atoms with van der Waals surface area (Å²) in [6.07, 6.45) is -0.156. The SMILES string of the molecule is Cn1c(C(=O)O[C@@H]2CCS(=O)(=O)C2)ccc1-c1ccccc1. The molecule has 0 bridgehead atoms. The first-order valence-electron chi connectivity index (χ1n) is 7.09. The average Bonchev–Trinajstić information content (AvgIpc) is 3.02. The van der Waals surface area contributed by atoms with E-state index in [0.29, 0.717) is 12.1 Å². The van der Waals surface area contributed by atoms with Crippen molar-refractivity contribution >= 4 is 15.8 Å². The first-order chi connectivity index (χ1) is 10.5. The molecule has 0 unspecified atom stereocenters. The number of aromatic nitrogens is 1. The van der Waals surface area contributed by atoms with Gasteiger partial charge < -0.3 is 9.30 Å². The van der Waals surface area contributed by atoms with Crippen LogP contribution >= 0.6 is 0 Å². The van der Waals surface area contributed by atoms with E-state index in [1.165, 1.54) is 0 Å². The molecular formula is C16H17NO4S. The molecule has 1 fully saturated rings. The van der Waals surface area contributed by atoms with Crippen molar-refractivity contribution < 1.29 is 17.9 Å². The Morgan fingerprint density at radius 1 is 1.18 bits per heavy atom. The number of esters is 1. The molecule has 6 heteroatoms. The number of carbonyl (C=O) groups is 1. The molecule has 0 aliphatic carbocycles. The number of nitrogens with zero attached hydrogens (tertiary/aromatic N) is 1. The summed E-state index contributed by atoms with van der Waals surface area (Å²) in [6, 6.07) is 13.3. The topological polar surface area (TPSA) is 65.4 Å². The summed E-state index contributed by atoms with van der Waals surface area (Å²) < 4.78 is 29.9. The van der Waals surface area contributed by atoms with E-state index in [9.17, 15) is 13.2 Å². The van der Waals surface area contributed by atoms with E-state index in [1.54, 1.807) is 17.7 Å². The zero-order valence-corrected chi connectivity index (χ0v) is 13.0. The number of hydrogen-bond acceptors (Lipinski definition) is 4. The maximum Gasteiger partial charge on any atom is 0.355 e. The van der Waals surface area contributed by atoms with Crippen molar-refractivity contribution in [3.05, 3.63) is 48.2 Å². The lowest BCUT2D eigenvalue weighted by molar-refractivity contribution is 0.0345. The van der Waals surface area contributed by atoms with Crippen molar-refractivity contribution in [2.24, 2.45) is 7.05 Å². The number of sulfone groups is 1. The molecule has 0 amide bonds. The molecule has 1 atom stereocenters. The molecule has 116 valence electrons. The second kappa shape index (κ2) is 5.61. The van der Waals surface area contributed by atoms with Gasteiger partial charge in [-0.2, -0.15) is 0 Å². The Morgan fingerprint density at radius 3 is 2.55 bits per heavy atom. The van der Waals surface area contributed by atoms with Crippen LogP contribution in [0.3, 0.4) is 0 Å². The van der Waals surface area contributed by atoms with Crippen LogP contribution in [0.15, 0.2) is 42.5 Å². The molecule has 0 radical (unpaired) electrons. The van der Waals surface area contributed by atoms with Gasteiger partial charge in [0.2, 0.25) is 0 Å². The number of carbonyl (C=O) groups excluding carboxylic acids is 1. The van der Waals surface area contributed by atoms with E-state index in [0.717, 1.165) is 11.3 Å². The Balaban J connectivity index is 1.78. The van der Waals surface area contributed by atoms with E-state index < -0.39 is 21.9 Å². The molecular weight excluding hydrogens is 302 g/mol. The predicted molar refractivity (Wildman–Crippen MR) is 83.3 cm³/mol. The standard InChI is InChI=1S/C16H17NO4S/c1-17-14(12-5-3-2-4-6-12)7-8-15(17)16(18)21-13-9-10-22(19,20)11-13/h2-8,13H,9-11H2,1H3/t13-/m1/s1. The Hall–Kier alpha value is -2.08. The highest BCUT2D eigenvalue weighted by Gasteiger charge is 2.31. The van der Waals surface area contributed by atoms with Gasteiger partial charge in [-0.05, 0) is 24.1 Å². The second-order valence-corrected chi connectivity index (χ2v) is 7.69.